The van der Waals surface area contributed by atoms with Crippen LogP contribution >= 0.6 is 11.3 Å². The summed E-state index contributed by atoms with van der Waals surface area (Å²) in [6.07, 6.45) is 5.60. The van der Waals surface area contributed by atoms with Crippen molar-refractivity contribution in [2.45, 2.75) is 0 Å². The second kappa shape index (κ2) is 8.37. The van der Waals surface area contributed by atoms with E-state index < -0.39 is 0 Å². The van der Waals surface area contributed by atoms with Gasteiger partial charge in [-0.25, -0.2) is 0 Å². The molecule has 0 bridgehead atoms. The lowest BCUT2D eigenvalue weighted by molar-refractivity contribution is 1.18. The van der Waals surface area contributed by atoms with Gasteiger partial charge in [-0.15, -0.1) is 11.3 Å². The van der Waals surface area contributed by atoms with E-state index in [2.05, 4.69) is 107 Å². The van der Waals surface area contributed by atoms with Gasteiger partial charge in [0.1, 0.15) is 0 Å². The molecule has 8 aromatic rings. The molecule has 178 valence electrons. The molecule has 0 atom stereocenters. The Labute approximate surface area is 223 Å². The van der Waals surface area contributed by atoms with Crippen LogP contribution in [0.3, 0.4) is 0 Å². The summed E-state index contributed by atoms with van der Waals surface area (Å²) in [7, 11) is 0. The quantitative estimate of drug-likeness (QED) is 0.240. The molecule has 4 heterocycles. The topological polar surface area (TPSA) is 30.7 Å². The molecule has 0 saturated heterocycles. The fraction of sp³-hybridized carbons (Fsp3) is 0. The van der Waals surface area contributed by atoms with Crippen LogP contribution in [0.25, 0.3) is 70.0 Å². The van der Waals surface area contributed by atoms with Gasteiger partial charge in [0.05, 0.1) is 16.6 Å². The maximum atomic E-state index is 4.83. The van der Waals surface area contributed by atoms with E-state index in [0.29, 0.717) is 0 Å². The molecule has 3 nitrogen and oxygen atoms in total. The molecule has 8 rings (SSSR count). The summed E-state index contributed by atoms with van der Waals surface area (Å²) >= 11 is 1.87. The van der Waals surface area contributed by atoms with E-state index >= 15 is 0 Å². The average molecular weight is 504 g/mol. The van der Waals surface area contributed by atoms with Crippen molar-refractivity contribution in [1.82, 2.24) is 14.5 Å². The molecule has 38 heavy (non-hydrogen) atoms. The Morgan fingerprint density at radius 2 is 1.42 bits per heavy atom. The molecule has 0 amide bonds. The normalized spacial score (nSPS) is 11.7. The Hall–Kier alpha value is -4.80. The maximum Gasteiger partial charge on any atom is 0.0963 e. The summed E-state index contributed by atoms with van der Waals surface area (Å²) in [6.45, 7) is 0. The number of hydrogen-bond acceptors (Lipinski definition) is 3. The van der Waals surface area contributed by atoms with Crippen molar-refractivity contribution in [3.05, 3.63) is 128 Å². The van der Waals surface area contributed by atoms with E-state index in [0.717, 1.165) is 27.8 Å². The van der Waals surface area contributed by atoms with E-state index in [-0.39, 0.29) is 0 Å². The maximum absolute atomic E-state index is 4.83. The van der Waals surface area contributed by atoms with Crippen molar-refractivity contribution in [3.63, 3.8) is 0 Å². The molecule has 0 aliphatic heterocycles. The van der Waals surface area contributed by atoms with Gasteiger partial charge in [-0.2, -0.15) is 0 Å². The van der Waals surface area contributed by atoms with Gasteiger partial charge in [0.15, 0.2) is 0 Å². The summed E-state index contributed by atoms with van der Waals surface area (Å²) < 4.78 is 4.95. The second-order valence-electron chi connectivity index (χ2n) is 9.51. The molecule has 0 fully saturated rings. The Morgan fingerprint density at radius 1 is 0.579 bits per heavy atom. The van der Waals surface area contributed by atoms with Crippen LogP contribution in [-0.4, -0.2) is 14.5 Å². The minimum Gasteiger partial charge on any atom is -0.308 e. The van der Waals surface area contributed by atoms with Crippen molar-refractivity contribution >= 4 is 53.4 Å². The first-order chi connectivity index (χ1) is 18.8. The van der Waals surface area contributed by atoms with Gasteiger partial charge in [0.2, 0.25) is 0 Å². The van der Waals surface area contributed by atoms with Gasteiger partial charge >= 0.3 is 0 Å². The van der Waals surface area contributed by atoms with Crippen LogP contribution < -0.4 is 0 Å². The monoisotopic (exact) mass is 503 g/mol. The predicted molar refractivity (Wildman–Crippen MR) is 160 cm³/mol. The lowest BCUT2D eigenvalue weighted by Crippen LogP contribution is -1.93. The third-order valence-corrected chi connectivity index (χ3v) is 8.55. The summed E-state index contributed by atoms with van der Waals surface area (Å²) in [6, 6.07) is 39.0. The number of pyridine rings is 2. The summed E-state index contributed by atoms with van der Waals surface area (Å²) in [5.74, 6) is 0. The minimum atomic E-state index is 1.03. The number of aromatic nitrogens is 3. The molecule has 0 radical (unpaired) electrons. The van der Waals surface area contributed by atoms with Gasteiger partial charge < -0.3 is 4.57 Å². The third-order valence-electron chi connectivity index (χ3n) is 7.34. The van der Waals surface area contributed by atoms with Crippen LogP contribution in [0.1, 0.15) is 0 Å². The SMILES string of the molecule is c1ccc(-c2cccc3c2sc2cc4c(cc23)c2ncccc2n4-c2ccc(-c3cccnc3)cc2)cc1. The Kier molecular flexibility index (Phi) is 4.69. The van der Waals surface area contributed by atoms with Gasteiger partial charge in [0.25, 0.3) is 0 Å². The number of rotatable bonds is 3. The Bertz CT molecular complexity index is 2110. The predicted octanol–water partition coefficient (Wildman–Crippen LogP) is 9.28. The minimum absolute atomic E-state index is 1.03. The zero-order valence-electron chi connectivity index (χ0n) is 20.4. The second-order valence-corrected chi connectivity index (χ2v) is 10.6. The highest BCUT2D eigenvalue weighted by molar-refractivity contribution is 7.26. The number of fused-ring (bicyclic) bond motifs is 6. The highest BCUT2D eigenvalue weighted by Crippen LogP contribution is 2.43. The molecule has 0 aliphatic carbocycles. The Balaban J connectivity index is 1.38. The van der Waals surface area contributed by atoms with Gasteiger partial charge in [-0.1, -0.05) is 66.7 Å². The molecular weight excluding hydrogens is 482 g/mol. The van der Waals surface area contributed by atoms with E-state index in [1.165, 1.54) is 42.2 Å². The van der Waals surface area contributed by atoms with Crippen LogP contribution in [0.5, 0.6) is 0 Å². The van der Waals surface area contributed by atoms with Gasteiger partial charge in [-0.3, -0.25) is 9.97 Å². The average Bonchev–Trinajstić information content (AvgIpc) is 3.52. The molecular formula is C34H21N3S. The molecule has 4 aromatic heterocycles. The van der Waals surface area contributed by atoms with Crippen molar-refractivity contribution in [1.29, 1.82) is 0 Å². The van der Waals surface area contributed by atoms with Crippen LogP contribution in [0.15, 0.2) is 128 Å². The molecule has 4 aromatic carbocycles. The number of hydrogen-bond donors (Lipinski definition) is 0. The van der Waals surface area contributed by atoms with Gasteiger partial charge in [-0.05, 0) is 64.7 Å². The van der Waals surface area contributed by atoms with Crippen LogP contribution in [-0.2, 0) is 0 Å². The van der Waals surface area contributed by atoms with Crippen LogP contribution in [0, 0.1) is 0 Å². The van der Waals surface area contributed by atoms with E-state index in [4.69, 9.17) is 4.98 Å². The van der Waals surface area contributed by atoms with Crippen LogP contribution in [0.2, 0.25) is 0 Å². The van der Waals surface area contributed by atoms with Crippen molar-refractivity contribution in [2.75, 3.05) is 0 Å². The largest absolute Gasteiger partial charge is 0.308 e. The lowest BCUT2D eigenvalue weighted by Gasteiger charge is -2.09. The lowest BCUT2D eigenvalue weighted by atomic mass is 10.0. The van der Waals surface area contributed by atoms with Crippen molar-refractivity contribution in [3.8, 4) is 27.9 Å². The molecule has 0 aliphatic rings. The molecule has 4 heteroatoms. The van der Waals surface area contributed by atoms with E-state index in [1.54, 1.807) is 6.20 Å². The standard InChI is InChI=1S/C34H21N3S/c1-2-7-23(8-3-1)26-10-4-11-27-28-19-29-31(20-32(28)38-34(26)27)37(30-12-6-18-36-33(29)30)25-15-13-22(14-16-25)24-9-5-17-35-21-24/h1-21H. The first kappa shape index (κ1) is 21.3. The zero-order chi connectivity index (χ0) is 25.1. The third kappa shape index (κ3) is 3.21. The number of benzene rings is 4. The molecule has 0 N–H and O–H groups in total. The fourth-order valence-corrected chi connectivity index (χ4v) is 6.84. The van der Waals surface area contributed by atoms with E-state index in [1.807, 2.05) is 35.9 Å². The highest BCUT2D eigenvalue weighted by atomic mass is 32.1. The summed E-state index contributed by atoms with van der Waals surface area (Å²) in [5, 5.41) is 3.76. The zero-order valence-corrected chi connectivity index (χ0v) is 21.2. The fourth-order valence-electron chi connectivity index (χ4n) is 5.58. The van der Waals surface area contributed by atoms with Crippen molar-refractivity contribution in [2.24, 2.45) is 0 Å². The number of thiophene rings is 1. The van der Waals surface area contributed by atoms with Crippen LogP contribution in [0.4, 0.5) is 0 Å². The summed E-state index contributed by atoms with van der Waals surface area (Å²) in [5.41, 5.74) is 9.24. The highest BCUT2D eigenvalue weighted by Gasteiger charge is 2.17. The molecule has 0 unspecified atom stereocenters. The summed E-state index contributed by atoms with van der Waals surface area (Å²) in [4.78, 5) is 9.11. The number of nitrogens with zero attached hydrogens (tertiary/aromatic N) is 3. The van der Waals surface area contributed by atoms with E-state index in [9.17, 15) is 0 Å². The first-order valence-corrected chi connectivity index (χ1v) is 13.5. The van der Waals surface area contributed by atoms with Gasteiger partial charge in [0, 0.05) is 49.8 Å². The smallest absolute Gasteiger partial charge is 0.0963 e. The Morgan fingerprint density at radius 3 is 2.26 bits per heavy atom. The van der Waals surface area contributed by atoms with Crippen molar-refractivity contribution < 1.29 is 0 Å². The first-order valence-electron chi connectivity index (χ1n) is 12.7. The molecule has 0 saturated carbocycles. The molecule has 0 spiro atoms.